The molecule has 39 heavy (non-hydrogen) atoms. The van der Waals surface area contributed by atoms with Gasteiger partial charge >= 0.3 is 0 Å². The minimum absolute atomic E-state index is 0.0272. The van der Waals surface area contributed by atoms with E-state index in [1.165, 1.54) is 18.9 Å². The van der Waals surface area contributed by atoms with E-state index in [0.717, 1.165) is 5.56 Å². The third-order valence-electron chi connectivity index (χ3n) is 6.18. The predicted octanol–water partition coefficient (Wildman–Crippen LogP) is 6.27. The molecule has 0 unspecified atom stereocenters. The topological polar surface area (TPSA) is 116 Å². The summed E-state index contributed by atoms with van der Waals surface area (Å²) in [6, 6.07) is 18.1. The Bertz CT molecular complexity index is 1540. The molecule has 0 spiro atoms. The standard InChI is InChI=1S/C29H27ClN4O4S/c1-16-12-13-24(38-16)27-19(14-31)29(39-15-25(35)33-21-10-7-8-20(30)17(21)2)32-18(3)26(27)28(36)34-22-9-5-6-11-23(22)37-4/h5-13,27,32H,15H2,1-4H3,(H,33,35)(H,34,36)/t27-/m1/s1. The molecule has 1 atom stereocenters. The number of methoxy groups -OCH3 is 1. The average Bonchev–Trinajstić information content (AvgIpc) is 3.35. The zero-order valence-electron chi connectivity index (χ0n) is 21.8. The summed E-state index contributed by atoms with van der Waals surface area (Å²) in [5.74, 6) is 0.185. The normalized spacial score (nSPS) is 14.9. The summed E-state index contributed by atoms with van der Waals surface area (Å²) in [7, 11) is 1.52. The van der Waals surface area contributed by atoms with E-state index in [2.05, 4.69) is 22.0 Å². The molecule has 0 radical (unpaired) electrons. The lowest BCUT2D eigenvalue weighted by atomic mass is 9.85. The Hall–Kier alpha value is -4.13. The summed E-state index contributed by atoms with van der Waals surface area (Å²) in [4.78, 5) is 26.4. The summed E-state index contributed by atoms with van der Waals surface area (Å²) < 4.78 is 11.3. The highest BCUT2D eigenvalue weighted by Crippen LogP contribution is 2.42. The van der Waals surface area contributed by atoms with Gasteiger partial charge in [-0.05, 0) is 62.7 Å². The Labute approximate surface area is 236 Å². The van der Waals surface area contributed by atoms with Gasteiger partial charge < -0.3 is 25.1 Å². The Balaban J connectivity index is 1.62. The number of carbonyl (C=O) groups is 2. The predicted molar refractivity (Wildman–Crippen MR) is 154 cm³/mol. The number of benzene rings is 2. The van der Waals surface area contributed by atoms with Gasteiger partial charge in [0.05, 0.1) is 46.7 Å². The van der Waals surface area contributed by atoms with Crippen LogP contribution < -0.4 is 20.7 Å². The number of carbonyl (C=O) groups excluding carboxylic acids is 2. The number of rotatable bonds is 8. The van der Waals surface area contributed by atoms with Gasteiger partial charge in [0.1, 0.15) is 17.3 Å². The van der Waals surface area contributed by atoms with Crippen molar-refractivity contribution >= 4 is 46.6 Å². The second-order valence-corrected chi connectivity index (χ2v) is 10.2. The van der Waals surface area contributed by atoms with Gasteiger partial charge in [0.15, 0.2) is 0 Å². The van der Waals surface area contributed by atoms with Crippen LogP contribution in [0.2, 0.25) is 5.02 Å². The maximum atomic E-state index is 13.6. The van der Waals surface area contributed by atoms with Gasteiger partial charge in [0, 0.05) is 16.4 Å². The molecule has 3 aromatic rings. The third kappa shape index (κ3) is 6.14. The first-order valence-electron chi connectivity index (χ1n) is 12.0. The van der Waals surface area contributed by atoms with Crippen LogP contribution in [-0.2, 0) is 9.59 Å². The van der Waals surface area contributed by atoms with Crippen LogP contribution in [0.5, 0.6) is 5.75 Å². The van der Waals surface area contributed by atoms with E-state index in [9.17, 15) is 14.9 Å². The lowest BCUT2D eigenvalue weighted by Gasteiger charge is -2.28. The van der Waals surface area contributed by atoms with E-state index >= 15 is 0 Å². The number of anilines is 2. The maximum absolute atomic E-state index is 13.6. The fourth-order valence-corrected chi connectivity index (χ4v) is 5.29. The van der Waals surface area contributed by atoms with E-state index in [1.807, 2.05) is 6.92 Å². The molecule has 1 aliphatic rings. The average molecular weight is 563 g/mol. The number of allylic oxidation sites excluding steroid dienone is 2. The number of nitrogens with one attached hydrogen (secondary N) is 3. The summed E-state index contributed by atoms with van der Waals surface area (Å²) >= 11 is 7.34. The zero-order chi connectivity index (χ0) is 28.1. The number of ether oxygens (including phenoxy) is 1. The van der Waals surface area contributed by atoms with Crippen LogP contribution in [0.25, 0.3) is 0 Å². The van der Waals surface area contributed by atoms with Crippen molar-refractivity contribution in [3.63, 3.8) is 0 Å². The molecule has 0 fully saturated rings. The fraction of sp³-hybridized carbons (Fsp3) is 0.207. The minimum atomic E-state index is -0.777. The molecular weight excluding hydrogens is 536 g/mol. The first-order valence-corrected chi connectivity index (χ1v) is 13.4. The molecule has 2 aromatic carbocycles. The van der Waals surface area contributed by atoms with Crippen LogP contribution in [-0.4, -0.2) is 24.7 Å². The first-order chi connectivity index (χ1) is 18.7. The second kappa shape index (κ2) is 12.2. The quantitative estimate of drug-likeness (QED) is 0.296. The van der Waals surface area contributed by atoms with Crippen molar-refractivity contribution in [2.75, 3.05) is 23.5 Å². The molecular formula is C29H27ClN4O4S. The number of nitrogens with zero attached hydrogens (tertiary/aromatic N) is 1. The monoisotopic (exact) mass is 562 g/mol. The van der Waals surface area contributed by atoms with Gasteiger partial charge in [-0.3, -0.25) is 9.59 Å². The van der Waals surface area contributed by atoms with Gasteiger partial charge in [0.2, 0.25) is 5.91 Å². The van der Waals surface area contributed by atoms with E-state index < -0.39 is 11.8 Å². The van der Waals surface area contributed by atoms with Crippen LogP contribution in [0.3, 0.4) is 0 Å². The number of hydrogen-bond acceptors (Lipinski definition) is 7. The number of aryl methyl sites for hydroxylation is 1. The minimum Gasteiger partial charge on any atom is -0.495 e. The van der Waals surface area contributed by atoms with Gasteiger partial charge in [-0.2, -0.15) is 5.26 Å². The van der Waals surface area contributed by atoms with Crippen LogP contribution in [0.1, 0.15) is 29.9 Å². The van der Waals surface area contributed by atoms with Crippen molar-refractivity contribution in [2.45, 2.75) is 26.7 Å². The fourth-order valence-electron chi connectivity index (χ4n) is 4.22. The number of hydrogen-bond donors (Lipinski definition) is 3. The molecule has 2 amide bonds. The smallest absolute Gasteiger partial charge is 0.254 e. The molecule has 4 rings (SSSR count). The van der Waals surface area contributed by atoms with Crippen molar-refractivity contribution in [3.8, 4) is 11.8 Å². The van der Waals surface area contributed by atoms with Gasteiger partial charge in [-0.15, -0.1) is 0 Å². The van der Waals surface area contributed by atoms with Crippen molar-refractivity contribution in [3.05, 3.63) is 98.6 Å². The lowest BCUT2D eigenvalue weighted by Crippen LogP contribution is -2.31. The zero-order valence-corrected chi connectivity index (χ0v) is 23.4. The number of furan rings is 1. The summed E-state index contributed by atoms with van der Waals surface area (Å²) in [5, 5.41) is 20.2. The Morgan fingerprint density at radius 3 is 2.51 bits per heavy atom. The van der Waals surface area contributed by atoms with Crippen molar-refractivity contribution in [1.82, 2.24) is 5.32 Å². The highest BCUT2D eigenvalue weighted by atomic mass is 35.5. The molecule has 0 saturated heterocycles. The highest BCUT2D eigenvalue weighted by molar-refractivity contribution is 8.03. The molecule has 0 saturated carbocycles. The molecule has 0 bridgehead atoms. The highest BCUT2D eigenvalue weighted by Gasteiger charge is 2.37. The number of dihydropyridines is 1. The molecule has 2 heterocycles. The number of amides is 2. The Morgan fingerprint density at radius 1 is 1.08 bits per heavy atom. The van der Waals surface area contributed by atoms with Gasteiger partial charge in [-0.1, -0.05) is 41.6 Å². The summed E-state index contributed by atoms with van der Waals surface area (Å²) in [6.07, 6.45) is 0. The van der Waals surface area contributed by atoms with Crippen molar-refractivity contribution in [2.24, 2.45) is 0 Å². The lowest BCUT2D eigenvalue weighted by molar-refractivity contribution is -0.114. The molecule has 3 N–H and O–H groups in total. The van der Waals surface area contributed by atoms with E-state index in [-0.39, 0.29) is 17.2 Å². The van der Waals surface area contributed by atoms with Crippen molar-refractivity contribution < 1.29 is 18.7 Å². The molecule has 1 aliphatic heterocycles. The molecule has 1 aromatic heterocycles. The van der Waals surface area contributed by atoms with Crippen LogP contribution in [0.4, 0.5) is 11.4 Å². The molecule has 200 valence electrons. The summed E-state index contributed by atoms with van der Waals surface area (Å²) in [6.45, 7) is 5.37. The van der Waals surface area contributed by atoms with Crippen LogP contribution in [0, 0.1) is 25.2 Å². The number of halogens is 1. The van der Waals surface area contributed by atoms with E-state index in [1.54, 1.807) is 68.4 Å². The van der Waals surface area contributed by atoms with E-state index in [0.29, 0.717) is 50.0 Å². The van der Waals surface area contributed by atoms with Crippen LogP contribution in [0.15, 0.2) is 80.9 Å². The first kappa shape index (κ1) is 27.9. The third-order valence-corrected chi connectivity index (χ3v) is 7.61. The van der Waals surface area contributed by atoms with Gasteiger partial charge in [0.25, 0.3) is 5.91 Å². The molecule has 10 heteroatoms. The number of para-hydroxylation sites is 2. The second-order valence-electron chi connectivity index (χ2n) is 8.80. The largest absolute Gasteiger partial charge is 0.495 e. The number of thioether (sulfide) groups is 1. The number of nitriles is 1. The SMILES string of the molecule is COc1ccccc1NC(=O)C1=C(C)NC(SCC(=O)Nc2cccc(Cl)c2C)=C(C#N)[C@@H]1c1ccc(C)o1. The Kier molecular flexibility index (Phi) is 8.69. The molecule has 0 aliphatic carbocycles. The van der Waals surface area contributed by atoms with Gasteiger partial charge in [-0.25, -0.2) is 0 Å². The van der Waals surface area contributed by atoms with Crippen molar-refractivity contribution in [1.29, 1.82) is 5.26 Å². The molecule has 8 nitrogen and oxygen atoms in total. The van der Waals surface area contributed by atoms with Crippen LogP contribution >= 0.6 is 23.4 Å². The Morgan fingerprint density at radius 2 is 1.82 bits per heavy atom. The van der Waals surface area contributed by atoms with E-state index in [4.69, 9.17) is 20.8 Å². The maximum Gasteiger partial charge on any atom is 0.254 e. The summed E-state index contributed by atoms with van der Waals surface area (Å²) in [5.41, 5.74) is 3.02.